The van der Waals surface area contributed by atoms with E-state index in [1.54, 1.807) is 0 Å². The van der Waals surface area contributed by atoms with Crippen LogP contribution >= 0.6 is 36.0 Å². The van der Waals surface area contributed by atoms with Crippen molar-refractivity contribution < 1.29 is 17.6 Å². The summed E-state index contributed by atoms with van der Waals surface area (Å²) in [7, 11) is 0. The topological polar surface area (TPSA) is 3.24 Å². The van der Waals surface area contributed by atoms with Crippen molar-refractivity contribution in [3.05, 3.63) is 0 Å². The highest BCUT2D eigenvalue weighted by Crippen LogP contribution is 2.38. The summed E-state index contributed by atoms with van der Waals surface area (Å²) in [4.78, 5) is 0. The first kappa shape index (κ1) is 10.6. The van der Waals surface area contributed by atoms with Crippen LogP contribution in [0.3, 0.4) is 0 Å². The molecule has 0 aromatic heterocycles. The van der Waals surface area contributed by atoms with Gasteiger partial charge in [0.2, 0.25) is 0 Å². The van der Waals surface area contributed by atoms with Crippen LogP contribution in [0.15, 0.2) is 0 Å². The standard InChI is InChI=1S/C2HCl2F4NS/c3-1(4,5)9(10)2(6,7)8/h10H. The summed E-state index contributed by atoms with van der Waals surface area (Å²) < 4.78 is 41.5. The monoisotopic (exact) mass is 217 g/mol. The first-order valence-electron chi connectivity index (χ1n) is 1.78. The quantitative estimate of drug-likeness (QED) is 0.306. The minimum atomic E-state index is -5.00. The van der Waals surface area contributed by atoms with Crippen LogP contribution in [0.25, 0.3) is 0 Å². The number of rotatable bonds is 1. The molecule has 0 radical (unpaired) electrons. The predicted octanol–water partition coefficient (Wildman–Crippen LogP) is 2.71. The summed E-state index contributed by atoms with van der Waals surface area (Å²) >= 11 is 11.5. The van der Waals surface area contributed by atoms with Gasteiger partial charge >= 0.3 is 11.0 Å². The van der Waals surface area contributed by atoms with Gasteiger partial charge in [0.1, 0.15) is 0 Å². The van der Waals surface area contributed by atoms with Gasteiger partial charge in [-0.15, -0.1) is 0 Å². The zero-order valence-electron chi connectivity index (χ0n) is 4.16. The molecule has 0 bridgehead atoms. The second-order valence-electron chi connectivity index (χ2n) is 1.25. The molecular weight excluding hydrogens is 217 g/mol. The largest absolute Gasteiger partial charge is 0.474 e. The lowest BCUT2D eigenvalue weighted by Crippen LogP contribution is -2.39. The molecule has 0 aliphatic carbocycles. The molecule has 0 aromatic carbocycles. The van der Waals surface area contributed by atoms with Gasteiger partial charge in [0.15, 0.2) is 0 Å². The third kappa shape index (κ3) is 3.14. The molecule has 0 aliphatic heterocycles. The van der Waals surface area contributed by atoms with Gasteiger partial charge in [0.25, 0.3) is 0 Å². The van der Waals surface area contributed by atoms with Crippen LogP contribution in [-0.4, -0.2) is 15.3 Å². The first-order valence-corrected chi connectivity index (χ1v) is 2.94. The average molecular weight is 218 g/mol. The molecule has 0 saturated heterocycles. The van der Waals surface area contributed by atoms with Gasteiger partial charge in [0.05, 0.1) is 0 Å². The van der Waals surface area contributed by atoms with E-state index in [4.69, 9.17) is 0 Å². The fourth-order valence-corrected chi connectivity index (χ4v) is 0.335. The molecule has 0 amide bonds. The van der Waals surface area contributed by atoms with E-state index in [9.17, 15) is 17.6 Å². The van der Waals surface area contributed by atoms with Crippen molar-refractivity contribution in [1.82, 2.24) is 4.31 Å². The van der Waals surface area contributed by atoms with Crippen LogP contribution < -0.4 is 0 Å². The predicted molar refractivity (Wildman–Crippen MR) is 32.4 cm³/mol. The Labute approximate surface area is 69.4 Å². The van der Waals surface area contributed by atoms with Crippen molar-refractivity contribution >= 4 is 36.0 Å². The molecule has 0 saturated carbocycles. The zero-order valence-corrected chi connectivity index (χ0v) is 6.57. The molecule has 0 atom stereocenters. The van der Waals surface area contributed by atoms with Gasteiger partial charge < -0.3 is 0 Å². The van der Waals surface area contributed by atoms with Crippen LogP contribution in [0.5, 0.6) is 0 Å². The molecule has 0 spiro atoms. The third-order valence-electron chi connectivity index (χ3n) is 0.480. The summed E-state index contributed by atoms with van der Waals surface area (Å²) in [5, 5.41) is 0. The molecule has 0 aliphatic rings. The number of alkyl halides is 6. The summed E-state index contributed by atoms with van der Waals surface area (Å²) in [6, 6.07) is 0. The van der Waals surface area contributed by atoms with E-state index in [0.717, 1.165) is 0 Å². The molecule has 8 heteroatoms. The van der Waals surface area contributed by atoms with E-state index in [1.807, 2.05) is 0 Å². The lowest BCUT2D eigenvalue weighted by molar-refractivity contribution is -0.225. The minimum absolute atomic E-state index is 1.07. The van der Waals surface area contributed by atoms with Gasteiger partial charge in [-0.1, -0.05) is 17.1 Å². The fraction of sp³-hybridized carbons (Fsp3) is 1.00. The lowest BCUT2D eigenvalue weighted by Gasteiger charge is -2.23. The van der Waals surface area contributed by atoms with Gasteiger partial charge in [-0.25, -0.2) is 0 Å². The molecule has 0 rings (SSSR count). The number of nitrogens with zero attached hydrogens (tertiary/aromatic N) is 1. The van der Waals surface area contributed by atoms with Gasteiger partial charge in [-0.05, 0) is 23.2 Å². The SMILES string of the molecule is FC(F)(F)N(S)C(F)(Cl)Cl. The smallest absolute Gasteiger partial charge is 0.188 e. The Kier molecular flexibility index (Phi) is 3.10. The third-order valence-corrected chi connectivity index (χ3v) is 1.56. The summed E-state index contributed by atoms with van der Waals surface area (Å²) in [5.74, 6) is 0. The maximum Gasteiger partial charge on any atom is 0.474 e. The lowest BCUT2D eigenvalue weighted by atomic mass is 11.0. The van der Waals surface area contributed by atoms with Crippen LogP contribution in [0.2, 0.25) is 0 Å². The van der Waals surface area contributed by atoms with E-state index in [1.165, 1.54) is 0 Å². The number of hydrogen-bond donors (Lipinski definition) is 1. The van der Waals surface area contributed by atoms with E-state index in [0.29, 0.717) is 0 Å². The maximum atomic E-state index is 11.9. The molecular formula is C2HCl2F4NS. The van der Waals surface area contributed by atoms with Crippen molar-refractivity contribution in [2.24, 2.45) is 0 Å². The Morgan fingerprint density at radius 1 is 1.10 bits per heavy atom. The van der Waals surface area contributed by atoms with Crippen molar-refractivity contribution in [3.63, 3.8) is 0 Å². The number of halogens is 6. The van der Waals surface area contributed by atoms with E-state index in [2.05, 4.69) is 36.0 Å². The molecule has 0 aromatic rings. The van der Waals surface area contributed by atoms with Gasteiger partial charge in [-0.2, -0.15) is 17.6 Å². The number of thiol groups is 1. The zero-order chi connectivity index (χ0) is 8.58. The van der Waals surface area contributed by atoms with Crippen molar-refractivity contribution in [2.45, 2.75) is 11.0 Å². The normalized spacial score (nSPS) is 14.4. The van der Waals surface area contributed by atoms with E-state index < -0.39 is 15.3 Å². The highest BCUT2D eigenvalue weighted by molar-refractivity contribution is 7.77. The summed E-state index contributed by atoms with van der Waals surface area (Å²) in [6.07, 6.45) is -5.00. The van der Waals surface area contributed by atoms with Gasteiger partial charge in [-0.3, -0.25) is 0 Å². The average Bonchev–Trinajstić information content (AvgIpc) is 1.59. The number of hydrogen-bond acceptors (Lipinski definition) is 2. The minimum Gasteiger partial charge on any atom is -0.188 e. The van der Waals surface area contributed by atoms with E-state index >= 15 is 0 Å². The Bertz CT molecular complexity index is 105. The van der Waals surface area contributed by atoms with Gasteiger partial charge in [0, 0.05) is 0 Å². The maximum absolute atomic E-state index is 11.9. The molecule has 10 heavy (non-hydrogen) atoms. The van der Waals surface area contributed by atoms with Crippen molar-refractivity contribution in [2.75, 3.05) is 0 Å². The Balaban J connectivity index is 4.23. The second kappa shape index (κ2) is 2.92. The molecule has 62 valence electrons. The molecule has 0 fully saturated rings. The van der Waals surface area contributed by atoms with E-state index in [-0.39, 0.29) is 0 Å². The Morgan fingerprint density at radius 3 is 1.40 bits per heavy atom. The first-order chi connectivity index (χ1) is 4.15. The molecule has 1 nitrogen and oxygen atoms in total. The summed E-state index contributed by atoms with van der Waals surface area (Å²) in [5.41, 5.74) is 0. The molecule has 0 unspecified atom stereocenters. The Morgan fingerprint density at radius 2 is 1.40 bits per heavy atom. The van der Waals surface area contributed by atoms with Crippen LogP contribution in [-0.2, 0) is 0 Å². The second-order valence-corrected chi connectivity index (χ2v) is 2.84. The highest BCUT2D eigenvalue weighted by atomic mass is 35.5. The Hall–Kier alpha value is 0.610. The molecule has 0 heterocycles. The van der Waals surface area contributed by atoms with Crippen LogP contribution in [0, 0.1) is 0 Å². The van der Waals surface area contributed by atoms with Crippen molar-refractivity contribution in [1.29, 1.82) is 0 Å². The highest BCUT2D eigenvalue weighted by Gasteiger charge is 2.48. The van der Waals surface area contributed by atoms with Crippen LogP contribution in [0.1, 0.15) is 0 Å². The fourth-order valence-electron chi connectivity index (χ4n) is 0.144. The summed E-state index contributed by atoms with van der Waals surface area (Å²) in [6.45, 7) is 0. The van der Waals surface area contributed by atoms with Crippen LogP contribution in [0.4, 0.5) is 17.6 Å². The molecule has 0 N–H and O–H groups in total. The van der Waals surface area contributed by atoms with Crippen molar-refractivity contribution in [3.8, 4) is 0 Å².